The average Bonchev–Trinajstić information content (AvgIpc) is 2.74. The van der Waals surface area contributed by atoms with Crippen molar-refractivity contribution < 1.29 is 9.53 Å². The zero-order valence-corrected chi connectivity index (χ0v) is 17.2. The molecule has 0 aromatic heterocycles. The molecule has 0 aliphatic carbocycles. The van der Waals surface area contributed by atoms with E-state index in [0.717, 1.165) is 17.3 Å². The number of esters is 1. The van der Waals surface area contributed by atoms with Gasteiger partial charge < -0.3 is 4.74 Å². The highest BCUT2D eigenvalue weighted by atomic mass is 31.1. The highest BCUT2D eigenvalue weighted by molar-refractivity contribution is 7.80. The Bertz CT molecular complexity index is 896. The van der Waals surface area contributed by atoms with Crippen molar-refractivity contribution in [1.82, 2.24) is 0 Å². The van der Waals surface area contributed by atoms with E-state index in [4.69, 9.17) is 4.74 Å². The summed E-state index contributed by atoms with van der Waals surface area (Å²) >= 11 is 0. The van der Waals surface area contributed by atoms with Crippen molar-refractivity contribution in [2.75, 3.05) is 0 Å². The van der Waals surface area contributed by atoms with Gasteiger partial charge in [-0.2, -0.15) is 0 Å². The van der Waals surface area contributed by atoms with E-state index in [-0.39, 0.29) is 12.1 Å². The molecule has 0 amide bonds. The van der Waals surface area contributed by atoms with Crippen molar-refractivity contribution in [2.45, 2.75) is 26.4 Å². The third-order valence-electron chi connectivity index (χ3n) is 4.56. The zero-order chi connectivity index (χ0) is 19.9. The molecule has 3 aromatic carbocycles. The van der Waals surface area contributed by atoms with Gasteiger partial charge in [0.1, 0.15) is 6.10 Å². The fraction of sp³-hybridized carbons (Fsp3) is 0.160. The predicted molar refractivity (Wildman–Crippen MR) is 119 cm³/mol. The molecule has 0 N–H and O–H groups in total. The van der Waals surface area contributed by atoms with Crippen molar-refractivity contribution in [2.24, 2.45) is 0 Å². The lowest BCUT2D eigenvalue weighted by Gasteiger charge is -2.23. The van der Waals surface area contributed by atoms with Crippen molar-refractivity contribution in [3.8, 4) is 0 Å². The molecule has 0 fully saturated rings. The Balaban J connectivity index is 2.07. The second kappa shape index (κ2) is 9.48. The Morgan fingerprint density at radius 2 is 1.39 bits per heavy atom. The van der Waals surface area contributed by atoms with Crippen LogP contribution in [0.5, 0.6) is 0 Å². The minimum Gasteiger partial charge on any atom is -0.454 e. The Morgan fingerprint density at radius 3 is 1.89 bits per heavy atom. The lowest BCUT2D eigenvalue weighted by atomic mass is 10.1. The van der Waals surface area contributed by atoms with Crippen LogP contribution < -0.4 is 15.9 Å². The summed E-state index contributed by atoms with van der Waals surface area (Å²) in [5.74, 6) is -0.287. The van der Waals surface area contributed by atoms with Gasteiger partial charge in [-0.3, -0.25) is 0 Å². The van der Waals surface area contributed by atoms with Gasteiger partial charge in [-0.05, 0) is 48.8 Å². The van der Waals surface area contributed by atoms with Crippen molar-refractivity contribution in [1.29, 1.82) is 0 Å². The molecule has 3 heteroatoms. The second-order valence-electron chi connectivity index (χ2n) is 6.67. The first-order chi connectivity index (χ1) is 13.6. The Kier molecular flexibility index (Phi) is 6.79. The Morgan fingerprint density at radius 1 is 0.893 bits per heavy atom. The van der Waals surface area contributed by atoms with Crippen LogP contribution in [0.15, 0.2) is 97.1 Å². The molecular weight excluding hydrogens is 363 g/mol. The molecule has 0 spiro atoms. The van der Waals surface area contributed by atoms with Gasteiger partial charge in [0.2, 0.25) is 0 Å². The van der Waals surface area contributed by atoms with Gasteiger partial charge in [-0.25, -0.2) is 4.79 Å². The molecule has 142 valence electrons. The molecule has 0 aliphatic heterocycles. The summed E-state index contributed by atoms with van der Waals surface area (Å²) < 4.78 is 5.78. The van der Waals surface area contributed by atoms with Crippen molar-refractivity contribution in [3.63, 3.8) is 0 Å². The van der Waals surface area contributed by atoms with Crippen LogP contribution in [0.4, 0.5) is 0 Å². The topological polar surface area (TPSA) is 26.3 Å². The van der Waals surface area contributed by atoms with Crippen LogP contribution in [0.3, 0.4) is 0 Å². The van der Waals surface area contributed by atoms with E-state index in [0.29, 0.717) is 5.56 Å². The van der Waals surface area contributed by atoms with Crippen LogP contribution in [-0.4, -0.2) is 12.1 Å². The smallest absolute Gasteiger partial charge is 0.339 e. The molecule has 2 nitrogen and oxygen atoms in total. The maximum atomic E-state index is 13.1. The molecule has 0 saturated carbocycles. The summed E-state index contributed by atoms with van der Waals surface area (Å²) in [7, 11) is -0.867. The molecule has 28 heavy (non-hydrogen) atoms. The molecule has 0 heterocycles. The lowest BCUT2D eigenvalue weighted by molar-refractivity contribution is 0.0370. The van der Waals surface area contributed by atoms with Crippen LogP contribution >= 0.6 is 7.92 Å². The molecule has 1 atom stereocenters. The first-order valence-electron chi connectivity index (χ1n) is 9.47. The van der Waals surface area contributed by atoms with Crippen molar-refractivity contribution >= 4 is 29.8 Å². The largest absolute Gasteiger partial charge is 0.454 e. The van der Waals surface area contributed by atoms with Crippen molar-refractivity contribution in [3.05, 3.63) is 103 Å². The standard InChI is InChI=1S/C25H25O2P/c1-4-23(19(2)3)27-25(26)22-17-11-12-18-24(22)28(20-13-7-5-8-14-20)21-15-9-6-10-16-21/h5-18,23H,2,4H2,1,3H3/t23-/m1/s1. The number of carbonyl (C=O) groups excluding carboxylic acids is 1. The summed E-state index contributed by atoms with van der Waals surface area (Å²) in [4.78, 5) is 13.1. The molecule has 0 saturated heterocycles. The van der Waals surface area contributed by atoms with E-state index in [9.17, 15) is 4.79 Å². The van der Waals surface area contributed by atoms with E-state index in [2.05, 4.69) is 30.8 Å². The average molecular weight is 388 g/mol. The maximum Gasteiger partial charge on any atom is 0.339 e. The highest BCUT2D eigenvalue weighted by Gasteiger charge is 2.24. The van der Waals surface area contributed by atoms with E-state index in [1.165, 1.54) is 10.6 Å². The van der Waals surface area contributed by atoms with Gasteiger partial charge in [0.25, 0.3) is 0 Å². The van der Waals surface area contributed by atoms with Crippen LogP contribution in [-0.2, 0) is 4.74 Å². The quantitative estimate of drug-likeness (QED) is 0.325. The zero-order valence-electron chi connectivity index (χ0n) is 16.3. The van der Waals surface area contributed by atoms with Gasteiger partial charge in [0.15, 0.2) is 0 Å². The van der Waals surface area contributed by atoms with E-state index < -0.39 is 7.92 Å². The number of rotatable bonds is 7. The first kappa shape index (κ1) is 20.0. The minimum absolute atomic E-state index is 0.264. The lowest BCUT2D eigenvalue weighted by Crippen LogP contribution is -2.27. The fourth-order valence-corrected chi connectivity index (χ4v) is 5.58. The fourth-order valence-electron chi connectivity index (χ4n) is 3.15. The van der Waals surface area contributed by atoms with Gasteiger partial charge in [-0.15, -0.1) is 0 Å². The normalized spacial score (nSPS) is 11.8. The number of hydrogen-bond acceptors (Lipinski definition) is 2. The summed E-state index contributed by atoms with van der Waals surface area (Å²) in [6.45, 7) is 7.85. The van der Waals surface area contributed by atoms with E-state index in [1.807, 2.05) is 74.5 Å². The second-order valence-corrected chi connectivity index (χ2v) is 8.86. The van der Waals surface area contributed by atoms with Crippen LogP contribution in [0.1, 0.15) is 30.6 Å². The molecule has 3 aromatic rings. The summed E-state index contributed by atoms with van der Waals surface area (Å²) in [5, 5.41) is 3.42. The number of carbonyl (C=O) groups is 1. The number of hydrogen-bond donors (Lipinski definition) is 0. The Labute approximate surface area is 168 Å². The molecule has 0 radical (unpaired) electrons. The summed E-state index contributed by atoms with van der Waals surface area (Å²) in [5.41, 5.74) is 1.49. The highest BCUT2D eigenvalue weighted by Crippen LogP contribution is 2.34. The number of ether oxygens (including phenoxy) is 1. The van der Waals surface area contributed by atoms with Gasteiger partial charge in [0.05, 0.1) is 5.56 Å². The number of benzene rings is 3. The van der Waals surface area contributed by atoms with Gasteiger partial charge in [0, 0.05) is 0 Å². The third kappa shape index (κ3) is 4.58. The molecular formula is C25H25O2P. The summed E-state index contributed by atoms with van der Waals surface area (Å²) in [6, 6.07) is 28.5. The minimum atomic E-state index is -0.867. The molecule has 0 bridgehead atoms. The monoisotopic (exact) mass is 388 g/mol. The Hall–Kier alpha value is -2.70. The van der Waals surface area contributed by atoms with E-state index in [1.54, 1.807) is 0 Å². The van der Waals surface area contributed by atoms with Crippen LogP contribution in [0.2, 0.25) is 0 Å². The van der Waals surface area contributed by atoms with Gasteiger partial charge in [-0.1, -0.05) is 92.4 Å². The van der Waals surface area contributed by atoms with Crippen LogP contribution in [0.25, 0.3) is 0 Å². The first-order valence-corrected chi connectivity index (χ1v) is 10.8. The molecule has 0 unspecified atom stereocenters. The SMILES string of the molecule is C=C(C)[C@@H](CC)OC(=O)c1ccccc1P(c1ccccc1)c1ccccc1. The maximum absolute atomic E-state index is 13.1. The predicted octanol–water partition coefficient (Wildman–Crippen LogP) is 4.96. The third-order valence-corrected chi connectivity index (χ3v) is 7.06. The molecule has 0 aliphatic rings. The van der Waals surface area contributed by atoms with E-state index >= 15 is 0 Å². The summed E-state index contributed by atoms with van der Waals surface area (Å²) in [6.07, 6.45) is 0.454. The van der Waals surface area contributed by atoms with Gasteiger partial charge >= 0.3 is 5.97 Å². The molecule has 3 rings (SSSR count). The van der Waals surface area contributed by atoms with Crippen LogP contribution in [0, 0.1) is 0 Å².